The Balaban J connectivity index is 1.64. The minimum absolute atomic E-state index is 0.0298. The third-order valence-electron chi connectivity index (χ3n) is 4.02. The van der Waals surface area contributed by atoms with Crippen LogP contribution >= 0.6 is 11.8 Å². The molecule has 1 fully saturated rings. The van der Waals surface area contributed by atoms with E-state index in [0.717, 1.165) is 17.1 Å². The number of carbonyl (C=O) groups excluding carboxylic acids is 1. The normalized spacial score (nSPS) is 19.0. The number of carbonyl (C=O) groups is 1. The second-order valence-electron chi connectivity index (χ2n) is 6.16. The first-order valence-electron chi connectivity index (χ1n) is 7.96. The van der Waals surface area contributed by atoms with Gasteiger partial charge < -0.3 is 5.32 Å². The predicted octanol–water partition coefficient (Wildman–Crippen LogP) is 1.28. The second-order valence-corrected chi connectivity index (χ2v) is 9.33. The van der Waals surface area contributed by atoms with Crippen LogP contribution in [0.15, 0.2) is 29.4 Å². The first kappa shape index (κ1) is 17.9. The molecule has 1 aromatic heterocycles. The van der Waals surface area contributed by atoms with E-state index in [-0.39, 0.29) is 29.2 Å². The highest BCUT2D eigenvalue weighted by molar-refractivity contribution is 7.99. The van der Waals surface area contributed by atoms with Gasteiger partial charge in [0.05, 0.1) is 17.3 Å². The number of benzene rings is 1. The Hall–Kier alpha value is -1.87. The lowest BCUT2D eigenvalue weighted by atomic mass is 10.2. The van der Waals surface area contributed by atoms with Gasteiger partial charge in [-0.2, -0.15) is 0 Å². The summed E-state index contributed by atoms with van der Waals surface area (Å²) in [6, 6.07) is 7.71. The van der Waals surface area contributed by atoms with E-state index in [0.29, 0.717) is 11.6 Å². The maximum absolute atomic E-state index is 12.1. The first-order chi connectivity index (χ1) is 11.8. The van der Waals surface area contributed by atoms with Crippen molar-refractivity contribution in [2.45, 2.75) is 31.5 Å². The molecule has 0 radical (unpaired) electrons. The van der Waals surface area contributed by atoms with Crippen LogP contribution in [0.5, 0.6) is 0 Å². The van der Waals surface area contributed by atoms with Crippen molar-refractivity contribution in [3.63, 3.8) is 0 Å². The molecule has 0 spiro atoms. The lowest BCUT2D eigenvalue weighted by molar-refractivity contribution is -0.119. The molecule has 7 nitrogen and oxygen atoms in total. The largest absolute Gasteiger partial charge is 0.352 e. The van der Waals surface area contributed by atoms with Gasteiger partial charge in [0, 0.05) is 11.7 Å². The van der Waals surface area contributed by atoms with Crippen molar-refractivity contribution in [1.82, 2.24) is 20.1 Å². The van der Waals surface area contributed by atoms with Crippen LogP contribution in [-0.4, -0.2) is 52.4 Å². The Kier molecular flexibility index (Phi) is 5.14. The van der Waals surface area contributed by atoms with Gasteiger partial charge in [0.2, 0.25) is 5.91 Å². The van der Waals surface area contributed by atoms with Crippen molar-refractivity contribution in [2.75, 3.05) is 17.3 Å². The molecular weight excluding hydrogens is 360 g/mol. The van der Waals surface area contributed by atoms with E-state index in [1.54, 1.807) is 0 Å². The van der Waals surface area contributed by atoms with Crippen LogP contribution in [0.1, 0.15) is 17.8 Å². The molecular formula is C16H20N4O3S2. The van der Waals surface area contributed by atoms with Gasteiger partial charge in [-0.25, -0.2) is 8.42 Å². The molecule has 3 rings (SSSR count). The molecule has 25 heavy (non-hydrogen) atoms. The van der Waals surface area contributed by atoms with Gasteiger partial charge in [0.25, 0.3) is 0 Å². The topological polar surface area (TPSA) is 93.9 Å². The molecule has 1 aromatic carbocycles. The Morgan fingerprint density at radius 3 is 2.64 bits per heavy atom. The Labute approximate surface area is 151 Å². The monoisotopic (exact) mass is 380 g/mol. The van der Waals surface area contributed by atoms with Crippen LogP contribution in [0.25, 0.3) is 5.69 Å². The number of amides is 1. The van der Waals surface area contributed by atoms with Gasteiger partial charge in [-0.05, 0) is 32.4 Å². The van der Waals surface area contributed by atoms with Crippen molar-refractivity contribution in [3.05, 3.63) is 35.7 Å². The smallest absolute Gasteiger partial charge is 0.230 e. The molecule has 1 N–H and O–H groups in total. The molecule has 0 saturated carbocycles. The summed E-state index contributed by atoms with van der Waals surface area (Å²) in [5.41, 5.74) is 2.10. The number of nitrogens with one attached hydrogen (secondary N) is 1. The number of thioether (sulfide) groups is 1. The fourth-order valence-electron chi connectivity index (χ4n) is 2.74. The van der Waals surface area contributed by atoms with E-state index in [9.17, 15) is 13.2 Å². The quantitative estimate of drug-likeness (QED) is 0.786. The Bertz CT molecular complexity index is 875. The van der Waals surface area contributed by atoms with E-state index in [1.807, 2.05) is 42.7 Å². The van der Waals surface area contributed by atoms with Gasteiger partial charge in [0.15, 0.2) is 15.0 Å². The van der Waals surface area contributed by atoms with Crippen LogP contribution < -0.4 is 5.32 Å². The van der Waals surface area contributed by atoms with E-state index < -0.39 is 9.84 Å². The molecule has 0 aliphatic carbocycles. The van der Waals surface area contributed by atoms with E-state index in [4.69, 9.17) is 0 Å². The third kappa shape index (κ3) is 4.40. The number of sulfone groups is 1. The number of aromatic nitrogens is 3. The maximum Gasteiger partial charge on any atom is 0.230 e. The highest BCUT2D eigenvalue weighted by atomic mass is 32.2. The third-order valence-corrected chi connectivity index (χ3v) is 6.71. The summed E-state index contributed by atoms with van der Waals surface area (Å²) in [5, 5.41) is 11.7. The van der Waals surface area contributed by atoms with Crippen LogP contribution in [0.4, 0.5) is 0 Å². The van der Waals surface area contributed by atoms with Gasteiger partial charge in [0.1, 0.15) is 5.82 Å². The fraction of sp³-hybridized carbons (Fsp3) is 0.438. The van der Waals surface area contributed by atoms with Crippen molar-refractivity contribution < 1.29 is 13.2 Å². The maximum atomic E-state index is 12.1. The summed E-state index contributed by atoms with van der Waals surface area (Å²) >= 11 is 1.29. The zero-order chi connectivity index (χ0) is 18.0. The minimum atomic E-state index is -3.00. The van der Waals surface area contributed by atoms with Crippen LogP contribution in [-0.2, 0) is 14.6 Å². The van der Waals surface area contributed by atoms with Gasteiger partial charge in [-0.1, -0.05) is 29.5 Å². The molecule has 2 aromatic rings. The van der Waals surface area contributed by atoms with Gasteiger partial charge in [-0.3, -0.25) is 9.36 Å². The van der Waals surface area contributed by atoms with Crippen molar-refractivity contribution in [2.24, 2.45) is 0 Å². The summed E-state index contributed by atoms with van der Waals surface area (Å²) < 4.78 is 24.8. The molecule has 134 valence electrons. The summed E-state index contributed by atoms with van der Waals surface area (Å²) in [4.78, 5) is 12.1. The summed E-state index contributed by atoms with van der Waals surface area (Å²) in [6.07, 6.45) is 0.484. The molecule has 1 aliphatic heterocycles. The average molecular weight is 380 g/mol. The molecule has 1 saturated heterocycles. The van der Waals surface area contributed by atoms with Crippen LogP contribution in [0, 0.1) is 13.8 Å². The molecule has 2 heterocycles. The van der Waals surface area contributed by atoms with E-state index in [1.165, 1.54) is 11.8 Å². The molecule has 0 unspecified atom stereocenters. The highest BCUT2D eigenvalue weighted by Crippen LogP contribution is 2.22. The number of nitrogens with zero attached hydrogens (tertiary/aromatic N) is 3. The predicted molar refractivity (Wildman–Crippen MR) is 96.8 cm³/mol. The summed E-state index contributed by atoms with van der Waals surface area (Å²) in [5.74, 6) is 0.895. The average Bonchev–Trinajstić information content (AvgIpc) is 3.08. The first-order valence-corrected chi connectivity index (χ1v) is 10.8. The standard InChI is InChI=1S/C16H20N4O3S2/c1-11-3-5-14(6-4-11)20-12(2)18-19-16(20)24-9-15(21)17-13-7-8-25(22,23)10-13/h3-6,13H,7-10H2,1-2H3,(H,17,21)/t13-/m0/s1. The van der Waals surface area contributed by atoms with Gasteiger partial charge in [-0.15, -0.1) is 10.2 Å². The zero-order valence-electron chi connectivity index (χ0n) is 14.1. The molecule has 9 heteroatoms. The number of rotatable bonds is 5. The molecule has 1 aliphatic rings. The Morgan fingerprint density at radius 2 is 2.00 bits per heavy atom. The van der Waals surface area contributed by atoms with Crippen molar-refractivity contribution >= 4 is 27.5 Å². The van der Waals surface area contributed by atoms with Crippen molar-refractivity contribution in [1.29, 1.82) is 0 Å². The van der Waals surface area contributed by atoms with Crippen LogP contribution in [0.3, 0.4) is 0 Å². The molecule has 0 bridgehead atoms. The SMILES string of the molecule is Cc1ccc(-n2c(C)nnc2SCC(=O)N[C@H]2CCS(=O)(=O)C2)cc1. The number of aryl methyl sites for hydroxylation is 2. The fourth-order valence-corrected chi connectivity index (χ4v) is 5.22. The summed E-state index contributed by atoms with van der Waals surface area (Å²) in [7, 11) is -3.00. The number of hydrogen-bond donors (Lipinski definition) is 1. The van der Waals surface area contributed by atoms with Crippen molar-refractivity contribution in [3.8, 4) is 5.69 Å². The van der Waals surface area contributed by atoms with Crippen LogP contribution in [0.2, 0.25) is 0 Å². The van der Waals surface area contributed by atoms with E-state index in [2.05, 4.69) is 15.5 Å². The summed E-state index contributed by atoms with van der Waals surface area (Å²) in [6.45, 7) is 3.88. The Morgan fingerprint density at radius 1 is 1.28 bits per heavy atom. The lowest BCUT2D eigenvalue weighted by Crippen LogP contribution is -2.36. The molecule has 1 atom stereocenters. The second kappa shape index (κ2) is 7.17. The highest BCUT2D eigenvalue weighted by Gasteiger charge is 2.28. The molecule has 1 amide bonds. The number of hydrogen-bond acceptors (Lipinski definition) is 6. The minimum Gasteiger partial charge on any atom is -0.352 e. The zero-order valence-corrected chi connectivity index (χ0v) is 15.7. The lowest BCUT2D eigenvalue weighted by Gasteiger charge is -2.11. The van der Waals surface area contributed by atoms with Gasteiger partial charge >= 0.3 is 0 Å². The van der Waals surface area contributed by atoms with E-state index >= 15 is 0 Å².